The zero-order valence-electron chi connectivity index (χ0n) is 11.4. The third-order valence-electron chi connectivity index (χ3n) is 2.47. The van der Waals surface area contributed by atoms with Gasteiger partial charge in [-0.2, -0.15) is 0 Å². The fourth-order valence-corrected chi connectivity index (χ4v) is 1.86. The van der Waals surface area contributed by atoms with Gasteiger partial charge in [-0.3, -0.25) is 0 Å². The Hall–Kier alpha value is -1.46. The van der Waals surface area contributed by atoms with Crippen molar-refractivity contribution >= 4 is 23.3 Å². The lowest BCUT2D eigenvalue weighted by atomic mass is 10.2. The van der Waals surface area contributed by atoms with E-state index in [0.717, 1.165) is 13.0 Å². The maximum Gasteiger partial charge on any atom is 0.341 e. The smallest absolute Gasteiger partial charge is 0.341 e. The molecule has 0 heterocycles. The second kappa shape index (κ2) is 7.21. The highest BCUT2D eigenvalue weighted by Gasteiger charge is 2.17. The Kier molecular flexibility index (Phi) is 5.92. The molecule has 6 heteroatoms. The molecule has 0 unspecified atom stereocenters. The van der Waals surface area contributed by atoms with Crippen molar-refractivity contribution in [3.8, 4) is 5.75 Å². The number of halogens is 1. The van der Waals surface area contributed by atoms with Gasteiger partial charge < -0.3 is 20.1 Å². The van der Waals surface area contributed by atoms with Crippen LogP contribution in [-0.4, -0.2) is 45.2 Å². The van der Waals surface area contributed by atoms with E-state index in [9.17, 15) is 4.79 Å². The van der Waals surface area contributed by atoms with E-state index in [1.807, 2.05) is 14.1 Å². The average Bonchev–Trinajstić information content (AvgIpc) is 2.34. The number of nitrogen functional groups attached to an aromatic ring is 1. The van der Waals surface area contributed by atoms with Gasteiger partial charge in [0, 0.05) is 12.2 Å². The van der Waals surface area contributed by atoms with Gasteiger partial charge in [0.2, 0.25) is 0 Å². The molecule has 2 N–H and O–H groups in total. The predicted molar refractivity (Wildman–Crippen MR) is 75.9 cm³/mol. The van der Waals surface area contributed by atoms with Crippen molar-refractivity contribution in [1.29, 1.82) is 0 Å². The van der Waals surface area contributed by atoms with E-state index >= 15 is 0 Å². The van der Waals surface area contributed by atoms with E-state index in [4.69, 9.17) is 26.8 Å². The van der Waals surface area contributed by atoms with Crippen LogP contribution in [0.5, 0.6) is 5.75 Å². The number of ether oxygens (including phenoxy) is 2. The van der Waals surface area contributed by atoms with Crippen molar-refractivity contribution in [1.82, 2.24) is 4.90 Å². The highest BCUT2D eigenvalue weighted by atomic mass is 35.5. The fourth-order valence-electron chi connectivity index (χ4n) is 1.58. The molecule has 0 saturated carbocycles. The third kappa shape index (κ3) is 4.61. The van der Waals surface area contributed by atoms with Gasteiger partial charge in [-0.15, -0.1) is 0 Å². The quantitative estimate of drug-likeness (QED) is 0.492. The molecule has 0 aliphatic heterocycles. The standard InChI is InChI=1S/C13H19ClN2O3/c1-16(2)5-4-6-19-12-10(13(17)18-3)7-9(15)8-11(12)14/h7-8H,4-6,15H2,1-3H3. The maximum atomic E-state index is 11.7. The second-order valence-electron chi connectivity index (χ2n) is 4.38. The molecule has 0 bridgehead atoms. The summed E-state index contributed by atoms with van der Waals surface area (Å²) >= 11 is 6.05. The molecule has 1 rings (SSSR count). The molecule has 0 radical (unpaired) electrons. The number of rotatable bonds is 6. The number of esters is 1. The van der Waals surface area contributed by atoms with Crippen LogP contribution < -0.4 is 10.5 Å². The summed E-state index contributed by atoms with van der Waals surface area (Å²) in [7, 11) is 5.27. The molecule has 19 heavy (non-hydrogen) atoms. The van der Waals surface area contributed by atoms with E-state index in [1.54, 1.807) is 6.07 Å². The first-order valence-corrected chi connectivity index (χ1v) is 6.28. The van der Waals surface area contributed by atoms with Crippen molar-refractivity contribution in [3.63, 3.8) is 0 Å². The van der Waals surface area contributed by atoms with Crippen molar-refractivity contribution in [2.45, 2.75) is 6.42 Å². The summed E-state index contributed by atoms with van der Waals surface area (Å²) in [6, 6.07) is 3.05. The minimum Gasteiger partial charge on any atom is -0.491 e. The number of hydrogen-bond acceptors (Lipinski definition) is 5. The highest BCUT2D eigenvalue weighted by molar-refractivity contribution is 6.33. The van der Waals surface area contributed by atoms with Crippen LogP contribution in [0.25, 0.3) is 0 Å². The fraction of sp³-hybridized carbons (Fsp3) is 0.462. The molecule has 0 fully saturated rings. The first-order valence-electron chi connectivity index (χ1n) is 5.90. The molecule has 0 aliphatic carbocycles. The minimum absolute atomic E-state index is 0.248. The lowest BCUT2D eigenvalue weighted by molar-refractivity contribution is 0.0596. The molecule has 0 aliphatic rings. The van der Waals surface area contributed by atoms with Crippen LogP contribution in [0.2, 0.25) is 5.02 Å². The number of hydrogen-bond donors (Lipinski definition) is 1. The van der Waals surface area contributed by atoms with Gasteiger partial charge in [0.25, 0.3) is 0 Å². The average molecular weight is 287 g/mol. The molecule has 5 nitrogen and oxygen atoms in total. The maximum absolute atomic E-state index is 11.7. The van der Waals surface area contributed by atoms with Crippen LogP contribution >= 0.6 is 11.6 Å². The molecule has 0 saturated heterocycles. The molecule has 0 aromatic heterocycles. The monoisotopic (exact) mass is 286 g/mol. The van der Waals surface area contributed by atoms with Gasteiger partial charge in [-0.25, -0.2) is 4.79 Å². The summed E-state index contributed by atoms with van der Waals surface area (Å²) in [5.41, 5.74) is 6.30. The van der Waals surface area contributed by atoms with Crippen LogP contribution in [-0.2, 0) is 4.74 Å². The van der Waals surface area contributed by atoms with Crippen molar-refractivity contribution in [2.24, 2.45) is 0 Å². The number of carbonyl (C=O) groups excluding carboxylic acids is 1. The first-order chi connectivity index (χ1) is 8.95. The molecule has 0 amide bonds. The van der Waals surface area contributed by atoms with Crippen LogP contribution in [0.1, 0.15) is 16.8 Å². The zero-order chi connectivity index (χ0) is 14.4. The number of anilines is 1. The summed E-state index contributed by atoms with van der Waals surface area (Å²) in [5, 5.41) is 0.310. The van der Waals surface area contributed by atoms with E-state index in [2.05, 4.69) is 4.90 Å². The van der Waals surface area contributed by atoms with Gasteiger partial charge in [0.1, 0.15) is 5.56 Å². The predicted octanol–water partition coefficient (Wildman–Crippen LogP) is 2.04. The summed E-state index contributed by atoms with van der Waals surface area (Å²) in [6.07, 6.45) is 0.828. The van der Waals surface area contributed by atoms with E-state index < -0.39 is 5.97 Å². The largest absolute Gasteiger partial charge is 0.491 e. The second-order valence-corrected chi connectivity index (χ2v) is 4.78. The van der Waals surface area contributed by atoms with Crippen LogP contribution in [0, 0.1) is 0 Å². The summed E-state index contributed by atoms with van der Waals surface area (Å²) in [4.78, 5) is 13.7. The van der Waals surface area contributed by atoms with Crippen LogP contribution in [0.4, 0.5) is 5.69 Å². The van der Waals surface area contributed by atoms with Crippen LogP contribution in [0.3, 0.4) is 0 Å². The van der Waals surface area contributed by atoms with Gasteiger partial charge >= 0.3 is 5.97 Å². The van der Waals surface area contributed by atoms with E-state index in [0.29, 0.717) is 23.1 Å². The minimum atomic E-state index is -0.517. The number of methoxy groups -OCH3 is 1. The van der Waals surface area contributed by atoms with Gasteiger partial charge in [0.05, 0.1) is 18.7 Å². The van der Waals surface area contributed by atoms with Gasteiger partial charge in [-0.05, 0) is 32.6 Å². The summed E-state index contributed by atoms with van der Waals surface area (Å²) in [5.74, 6) is -0.196. The Morgan fingerprint density at radius 2 is 2.11 bits per heavy atom. The highest BCUT2D eigenvalue weighted by Crippen LogP contribution is 2.32. The molecule has 106 valence electrons. The molecule has 1 aromatic carbocycles. The number of nitrogens with zero attached hydrogens (tertiary/aromatic N) is 1. The summed E-state index contributed by atoms with van der Waals surface area (Å²) < 4.78 is 10.3. The SMILES string of the molecule is COC(=O)c1cc(N)cc(Cl)c1OCCCN(C)C. The Morgan fingerprint density at radius 3 is 2.68 bits per heavy atom. The Balaban J connectivity index is 2.83. The van der Waals surface area contributed by atoms with Crippen molar-refractivity contribution in [3.05, 3.63) is 22.7 Å². The normalized spacial score (nSPS) is 10.6. The van der Waals surface area contributed by atoms with E-state index in [-0.39, 0.29) is 5.56 Å². The third-order valence-corrected chi connectivity index (χ3v) is 2.75. The lowest BCUT2D eigenvalue weighted by Crippen LogP contribution is -2.16. The molecular formula is C13H19ClN2O3. The molecule has 0 atom stereocenters. The zero-order valence-corrected chi connectivity index (χ0v) is 12.2. The lowest BCUT2D eigenvalue weighted by Gasteiger charge is -2.14. The van der Waals surface area contributed by atoms with Crippen molar-refractivity contribution < 1.29 is 14.3 Å². The molecule has 0 spiro atoms. The number of carbonyl (C=O) groups is 1. The van der Waals surface area contributed by atoms with Crippen molar-refractivity contribution in [2.75, 3.05) is 40.1 Å². The van der Waals surface area contributed by atoms with Crippen LogP contribution in [0.15, 0.2) is 12.1 Å². The summed E-state index contributed by atoms with van der Waals surface area (Å²) in [6.45, 7) is 1.35. The topological polar surface area (TPSA) is 64.8 Å². The van der Waals surface area contributed by atoms with Gasteiger partial charge in [-0.1, -0.05) is 11.6 Å². The Labute approximate surface area is 118 Å². The Bertz CT molecular complexity index is 450. The number of nitrogens with two attached hydrogens (primary N) is 1. The first kappa shape index (κ1) is 15.6. The number of benzene rings is 1. The molecular weight excluding hydrogens is 268 g/mol. The molecule has 1 aromatic rings. The Morgan fingerprint density at radius 1 is 1.42 bits per heavy atom. The van der Waals surface area contributed by atoms with Gasteiger partial charge in [0.15, 0.2) is 5.75 Å². The van der Waals surface area contributed by atoms with E-state index in [1.165, 1.54) is 13.2 Å².